The highest BCUT2D eigenvalue weighted by atomic mass is 79.9. The molecule has 0 bridgehead atoms. The molecule has 0 spiro atoms. The van der Waals surface area contributed by atoms with Crippen LogP contribution in [0.5, 0.6) is 0 Å². The van der Waals surface area contributed by atoms with Gasteiger partial charge in [-0.2, -0.15) is 0 Å². The van der Waals surface area contributed by atoms with Crippen molar-refractivity contribution in [3.05, 3.63) is 34.3 Å². The van der Waals surface area contributed by atoms with Crippen molar-refractivity contribution in [2.45, 2.75) is 32.0 Å². The molecule has 4 heteroatoms. The van der Waals surface area contributed by atoms with Gasteiger partial charge in [0.25, 0.3) is 0 Å². The highest BCUT2D eigenvalue weighted by Gasteiger charge is 2.13. The van der Waals surface area contributed by atoms with Crippen molar-refractivity contribution in [2.24, 2.45) is 0 Å². The van der Waals surface area contributed by atoms with E-state index in [4.69, 9.17) is 0 Å². The molecule has 0 aliphatic heterocycles. The lowest BCUT2D eigenvalue weighted by Gasteiger charge is -2.01. The summed E-state index contributed by atoms with van der Waals surface area (Å²) in [6.07, 6.45) is 1.03. The van der Waals surface area contributed by atoms with Crippen molar-refractivity contribution in [3.8, 4) is 10.6 Å². The van der Waals surface area contributed by atoms with E-state index in [1.165, 1.54) is 16.7 Å². The molecule has 1 aromatic carbocycles. The predicted octanol–water partition coefficient (Wildman–Crippen LogP) is 4.67. The molecule has 0 saturated heterocycles. The van der Waals surface area contributed by atoms with Crippen LogP contribution in [0, 0.1) is 13.8 Å². The summed E-state index contributed by atoms with van der Waals surface area (Å²) in [5, 5.41) is 10.6. The van der Waals surface area contributed by atoms with Gasteiger partial charge in [-0.05, 0) is 32.4 Å². The zero-order valence-corrected chi connectivity index (χ0v) is 12.6. The summed E-state index contributed by atoms with van der Waals surface area (Å²) in [6, 6.07) is 6.49. The first-order chi connectivity index (χ1) is 8.10. The van der Waals surface area contributed by atoms with E-state index in [1.807, 2.05) is 0 Å². The van der Waals surface area contributed by atoms with E-state index in [0.717, 1.165) is 16.4 Å². The fraction of sp³-hybridized carbons (Fsp3) is 0.385. The molecule has 17 heavy (non-hydrogen) atoms. The van der Waals surface area contributed by atoms with Crippen LogP contribution in [0.25, 0.3) is 10.6 Å². The van der Waals surface area contributed by atoms with Crippen LogP contribution in [0.3, 0.4) is 0 Å². The largest absolute Gasteiger partial charge is 0.147 e. The molecule has 0 amide bonds. The lowest BCUT2D eigenvalue weighted by atomic mass is 10.1. The van der Waals surface area contributed by atoms with Crippen molar-refractivity contribution in [1.29, 1.82) is 0 Å². The molecular formula is C13H15BrN2S. The van der Waals surface area contributed by atoms with Crippen molar-refractivity contribution >= 4 is 27.3 Å². The van der Waals surface area contributed by atoms with E-state index in [0.29, 0.717) is 4.83 Å². The second-order valence-electron chi connectivity index (χ2n) is 4.20. The number of halogens is 1. The summed E-state index contributed by atoms with van der Waals surface area (Å²) < 4.78 is 0. The third kappa shape index (κ3) is 2.93. The number of aromatic nitrogens is 2. The second kappa shape index (κ2) is 5.27. The van der Waals surface area contributed by atoms with Crippen LogP contribution in [-0.2, 0) is 0 Å². The molecule has 2 rings (SSSR count). The van der Waals surface area contributed by atoms with Gasteiger partial charge in [-0.15, -0.1) is 10.2 Å². The molecular weight excluding hydrogens is 296 g/mol. The normalized spacial score (nSPS) is 12.7. The Hall–Kier alpha value is -0.740. The highest BCUT2D eigenvalue weighted by molar-refractivity contribution is 9.09. The van der Waals surface area contributed by atoms with Crippen LogP contribution in [-0.4, -0.2) is 10.2 Å². The minimum absolute atomic E-state index is 0.319. The van der Waals surface area contributed by atoms with Crippen molar-refractivity contribution in [2.75, 3.05) is 0 Å². The molecule has 0 aliphatic rings. The maximum Gasteiger partial charge on any atom is 0.147 e. The van der Waals surface area contributed by atoms with Crippen molar-refractivity contribution in [1.82, 2.24) is 10.2 Å². The smallest absolute Gasteiger partial charge is 0.142 e. The number of hydrogen-bond acceptors (Lipinski definition) is 3. The predicted molar refractivity (Wildman–Crippen MR) is 76.8 cm³/mol. The zero-order valence-electron chi connectivity index (χ0n) is 10.2. The molecule has 1 atom stereocenters. The lowest BCUT2D eigenvalue weighted by Crippen LogP contribution is -1.85. The van der Waals surface area contributed by atoms with Crippen LogP contribution in [0.2, 0.25) is 0 Å². The standard InChI is InChI=1S/C13H15BrN2S/c1-4-11(14)13-16-15-12(17-13)10-6-8(2)5-9(3)7-10/h5-7,11H,4H2,1-3H3. The van der Waals surface area contributed by atoms with E-state index >= 15 is 0 Å². The summed E-state index contributed by atoms with van der Waals surface area (Å²) in [6.45, 7) is 6.35. The first kappa shape index (κ1) is 12.7. The topological polar surface area (TPSA) is 25.8 Å². The Balaban J connectivity index is 2.36. The van der Waals surface area contributed by atoms with Gasteiger partial charge in [-0.25, -0.2) is 0 Å². The summed E-state index contributed by atoms with van der Waals surface area (Å²) in [5.74, 6) is 0. The Morgan fingerprint density at radius 1 is 1.18 bits per heavy atom. The van der Waals surface area contributed by atoms with Gasteiger partial charge in [0.2, 0.25) is 0 Å². The van der Waals surface area contributed by atoms with Crippen molar-refractivity contribution in [3.63, 3.8) is 0 Å². The SMILES string of the molecule is CCC(Br)c1nnc(-c2cc(C)cc(C)c2)s1. The quantitative estimate of drug-likeness (QED) is 0.770. The third-order valence-corrected chi connectivity index (χ3v) is 5.01. The molecule has 2 aromatic rings. The van der Waals surface area contributed by atoms with Gasteiger partial charge in [-0.3, -0.25) is 0 Å². The number of aryl methyl sites for hydroxylation is 2. The van der Waals surface area contributed by atoms with Gasteiger partial charge in [0, 0.05) is 5.56 Å². The summed E-state index contributed by atoms with van der Waals surface area (Å²) in [4.78, 5) is 0.319. The first-order valence-corrected chi connectivity index (χ1v) is 7.39. The van der Waals surface area contributed by atoms with E-state index in [9.17, 15) is 0 Å². The van der Waals surface area contributed by atoms with Gasteiger partial charge in [0.1, 0.15) is 10.0 Å². The summed E-state index contributed by atoms with van der Waals surface area (Å²) in [5.41, 5.74) is 3.70. The molecule has 0 saturated carbocycles. The maximum absolute atomic E-state index is 4.28. The van der Waals surface area contributed by atoms with Gasteiger partial charge >= 0.3 is 0 Å². The summed E-state index contributed by atoms with van der Waals surface area (Å²) >= 11 is 5.27. The van der Waals surface area contributed by atoms with Crippen LogP contribution in [0.15, 0.2) is 18.2 Å². The average Bonchev–Trinajstić information content (AvgIpc) is 2.76. The number of nitrogens with zero attached hydrogens (tertiary/aromatic N) is 2. The second-order valence-corrected chi connectivity index (χ2v) is 6.31. The van der Waals surface area contributed by atoms with Gasteiger partial charge < -0.3 is 0 Å². The van der Waals surface area contributed by atoms with Gasteiger partial charge in [0.15, 0.2) is 0 Å². The summed E-state index contributed by atoms with van der Waals surface area (Å²) in [7, 11) is 0. The minimum atomic E-state index is 0.319. The zero-order chi connectivity index (χ0) is 12.4. The van der Waals surface area contributed by atoms with E-state index in [-0.39, 0.29) is 0 Å². The first-order valence-electron chi connectivity index (χ1n) is 5.66. The number of alkyl halides is 1. The Morgan fingerprint density at radius 2 is 1.82 bits per heavy atom. The van der Waals surface area contributed by atoms with E-state index in [2.05, 4.69) is 65.1 Å². The van der Waals surface area contributed by atoms with Gasteiger partial charge in [-0.1, -0.05) is 51.4 Å². The average molecular weight is 311 g/mol. The van der Waals surface area contributed by atoms with Gasteiger partial charge in [0.05, 0.1) is 4.83 Å². The Labute approximate surface area is 114 Å². The molecule has 0 aliphatic carbocycles. The Kier molecular flexibility index (Phi) is 3.94. The van der Waals surface area contributed by atoms with E-state index in [1.54, 1.807) is 11.3 Å². The molecule has 0 N–H and O–H groups in total. The molecule has 0 radical (unpaired) electrons. The number of benzene rings is 1. The van der Waals surface area contributed by atoms with E-state index < -0.39 is 0 Å². The molecule has 1 aromatic heterocycles. The van der Waals surface area contributed by atoms with Crippen LogP contribution in [0.1, 0.15) is 34.3 Å². The molecule has 1 heterocycles. The third-order valence-electron chi connectivity index (χ3n) is 2.54. The lowest BCUT2D eigenvalue weighted by molar-refractivity contribution is 0.870. The Morgan fingerprint density at radius 3 is 2.41 bits per heavy atom. The Bertz CT molecular complexity index is 502. The highest BCUT2D eigenvalue weighted by Crippen LogP contribution is 2.33. The van der Waals surface area contributed by atoms with Crippen LogP contribution >= 0.6 is 27.3 Å². The molecule has 1 unspecified atom stereocenters. The number of rotatable bonds is 3. The van der Waals surface area contributed by atoms with Crippen molar-refractivity contribution < 1.29 is 0 Å². The maximum atomic E-state index is 4.28. The monoisotopic (exact) mass is 310 g/mol. The van der Waals surface area contributed by atoms with Crippen LogP contribution < -0.4 is 0 Å². The minimum Gasteiger partial charge on any atom is -0.142 e. The number of hydrogen-bond donors (Lipinski definition) is 0. The molecule has 90 valence electrons. The molecule has 2 nitrogen and oxygen atoms in total. The fourth-order valence-corrected chi connectivity index (χ4v) is 3.01. The molecule has 0 fully saturated rings. The fourth-order valence-electron chi connectivity index (χ4n) is 1.75. The van der Waals surface area contributed by atoms with Crippen LogP contribution in [0.4, 0.5) is 0 Å².